The normalized spacial score (nSPS) is 17.9. The van der Waals surface area contributed by atoms with Gasteiger partial charge in [-0.3, -0.25) is 4.90 Å². The van der Waals surface area contributed by atoms with Gasteiger partial charge in [0.05, 0.1) is 0 Å². The highest BCUT2D eigenvalue weighted by Crippen LogP contribution is 2.31. The number of nitrogens with two attached hydrogens (primary N) is 1. The van der Waals surface area contributed by atoms with Crippen molar-refractivity contribution in [2.45, 2.75) is 91.4 Å². The molecule has 4 heteroatoms. The molecule has 0 amide bonds. The lowest BCUT2D eigenvalue weighted by Gasteiger charge is -2.23. The Morgan fingerprint density at radius 3 is 2.43 bits per heavy atom. The molecule has 1 aromatic carbocycles. The first-order valence-corrected chi connectivity index (χ1v) is 12.1. The Balaban J connectivity index is 1.70. The van der Waals surface area contributed by atoms with E-state index in [1.54, 1.807) is 0 Å². The number of nitrogens with one attached hydrogen (secondary N) is 1. The van der Waals surface area contributed by atoms with Crippen molar-refractivity contribution in [3.05, 3.63) is 51.8 Å². The molecule has 2 heterocycles. The first kappa shape index (κ1) is 21.5. The van der Waals surface area contributed by atoms with Crippen molar-refractivity contribution in [2.24, 2.45) is 5.73 Å². The van der Waals surface area contributed by atoms with E-state index in [4.69, 9.17) is 5.73 Å². The highest BCUT2D eigenvalue weighted by Gasteiger charge is 2.20. The highest BCUT2D eigenvalue weighted by molar-refractivity contribution is 5.58. The monoisotopic (exact) mass is 408 g/mol. The molecule has 2 aliphatic rings. The lowest BCUT2D eigenvalue weighted by Crippen LogP contribution is -2.21. The fourth-order valence-electron chi connectivity index (χ4n) is 5.66. The van der Waals surface area contributed by atoms with Crippen LogP contribution in [-0.2, 0) is 26.1 Å². The smallest absolute Gasteiger partial charge is 0.0394 e. The van der Waals surface area contributed by atoms with Crippen LogP contribution in [0.1, 0.15) is 79.1 Å². The van der Waals surface area contributed by atoms with Gasteiger partial charge in [0.1, 0.15) is 0 Å². The Kier molecular flexibility index (Phi) is 6.84. The summed E-state index contributed by atoms with van der Waals surface area (Å²) in [6.45, 7) is 11.9. The summed E-state index contributed by atoms with van der Waals surface area (Å²) in [5.74, 6) is 0. The van der Waals surface area contributed by atoms with E-state index in [-0.39, 0.29) is 0 Å². The zero-order chi connectivity index (χ0) is 21.1. The fourth-order valence-corrected chi connectivity index (χ4v) is 5.66. The highest BCUT2D eigenvalue weighted by atomic mass is 15.1. The molecule has 0 bridgehead atoms. The van der Waals surface area contributed by atoms with E-state index >= 15 is 0 Å². The van der Waals surface area contributed by atoms with Crippen molar-refractivity contribution in [1.29, 1.82) is 0 Å². The Labute approximate surface area is 182 Å². The predicted octanol–water partition coefficient (Wildman–Crippen LogP) is 5.12. The summed E-state index contributed by atoms with van der Waals surface area (Å²) in [5.41, 5.74) is 16.0. The van der Waals surface area contributed by atoms with E-state index in [0.717, 1.165) is 19.5 Å². The van der Waals surface area contributed by atoms with Crippen LogP contribution in [-0.4, -0.2) is 28.6 Å². The largest absolute Gasteiger partial charge is 0.382 e. The number of likely N-dealkylation sites (tertiary alicyclic amines) is 1. The lowest BCUT2D eigenvalue weighted by atomic mass is 9.96. The second-order valence-electron chi connectivity index (χ2n) is 9.43. The molecule has 30 heavy (non-hydrogen) atoms. The Morgan fingerprint density at radius 2 is 1.77 bits per heavy atom. The Bertz CT molecular complexity index is 854. The second kappa shape index (κ2) is 9.57. The molecule has 3 N–H and O–H groups in total. The van der Waals surface area contributed by atoms with Crippen molar-refractivity contribution in [1.82, 2.24) is 9.47 Å². The summed E-state index contributed by atoms with van der Waals surface area (Å²) >= 11 is 0. The molecule has 0 radical (unpaired) electrons. The van der Waals surface area contributed by atoms with Gasteiger partial charge in [-0.05, 0) is 93.9 Å². The summed E-state index contributed by atoms with van der Waals surface area (Å²) < 4.78 is 2.47. The maximum atomic E-state index is 6.35. The molecule has 4 rings (SSSR count). The van der Waals surface area contributed by atoms with E-state index < -0.39 is 0 Å². The Hall–Kier alpha value is -1.78. The van der Waals surface area contributed by atoms with Crippen LogP contribution in [0.3, 0.4) is 0 Å². The number of aryl methyl sites for hydroxylation is 2. The molecule has 0 spiro atoms. The van der Waals surface area contributed by atoms with Gasteiger partial charge in [-0.15, -0.1) is 0 Å². The number of nitrogens with zero attached hydrogens (tertiary/aromatic N) is 2. The summed E-state index contributed by atoms with van der Waals surface area (Å²) in [7, 11) is 0. The topological polar surface area (TPSA) is 46.2 Å². The van der Waals surface area contributed by atoms with Crippen molar-refractivity contribution in [3.8, 4) is 0 Å². The molecule has 2 fully saturated rings. The molecule has 1 saturated carbocycles. The molecule has 1 aromatic heterocycles. The van der Waals surface area contributed by atoms with Crippen LogP contribution < -0.4 is 11.1 Å². The van der Waals surface area contributed by atoms with E-state index in [2.05, 4.69) is 53.8 Å². The van der Waals surface area contributed by atoms with Crippen molar-refractivity contribution in [2.75, 3.05) is 18.4 Å². The quantitative estimate of drug-likeness (QED) is 0.637. The van der Waals surface area contributed by atoms with Crippen LogP contribution in [0.5, 0.6) is 0 Å². The van der Waals surface area contributed by atoms with E-state index in [1.807, 2.05) is 0 Å². The minimum absolute atomic E-state index is 0.596. The van der Waals surface area contributed by atoms with Gasteiger partial charge in [-0.25, -0.2) is 0 Å². The first-order chi connectivity index (χ1) is 14.6. The second-order valence-corrected chi connectivity index (χ2v) is 9.43. The molecule has 1 saturated heterocycles. The van der Waals surface area contributed by atoms with E-state index in [1.165, 1.54) is 90.9 Å². The fraction of sp³-hybridized carbons (Fsp3) is 0.615. The van der Waals surface area contributed by atoms with Gasteiger partial charge in [0, 0.05) is 49.2 Å². The minimum Gasteiger partial charge on any atom is -0.382 e. The Morgan fingerprint density at radius 1 is 1.03 bits per heavy atom. The van der Waals surface area contributed by atoms with E-state index in [9.17, 15) is 0 Å². The molecule has 1 aliphatic heterocycles. The maximum Gasteiger partial charge on any atom is 0.0394 e. The number of hydrogen-bond acceptors (Lipinski definition) is 3. The van der Waals surface area contributed by atoms with Crippen molar-refractivity contribution >= 4 is 5.69 Å². The SMILES string of the molecule is CCn1c(C)cc(C)c1Cc1cc(CN2CCCC2)cc(NC2CCCC2)c1CN. The summed E-state index contributed by atoms with van der Waals surface area (Å²) in [6.07, 6.45) is 8.90. The summed E-state index contributed by atoms with van der Waals surface area (Å²) in [4.78, 5) is 2.60. The molecule has 2 aromatic rings. The summed E-state index contributed by atoms with van der Waals surface area (Å²) in [5, 5.41) is 3.89. The average Bonchev–Trinajstić information content (AvgIpc) is 3.46. The van der Waals surface area contributed by atoms with Gasteiger partial charge in [-0.2, -0.15) is 0 Å². The summed E-state index contributed by atoms with van der Waals surface area (Å²) in [6, 6.07) is 7.78. The number of anilines is 1. The number of rotatable bonds is 8. The van der Waals surface area contributed by atoms with Crippen LogP contribution in [0.4, 0.5) is 5.69 Å². The van der Waals surface area contributed by atoms with Crippen LogP contribution in [0, 0.1) is 13.8 Å². The van der Waals surface area contributed by atoms with Gasteiger partial charge in [0.15, 0.2) is 0 Å². The molecular weight excluding hydrogens is 368 g/mol. The third-order valence-electron chi connectivity index (χ3n) is 7.23. The average molecular weight is 409 g/mol. The minimum atomic E-state index is 0.596. The van der Waals surface area contributed by atoms with Crippen molar-refractivity contribution in [3.63, 3.8) is 0 Å². The molecule has 164 valence electrons. The van der Waals surface area contributed by atoms with Crippen LogP contribution in [0.25, 0.3) is 0 Å². The van der Waals surface area contributed by atoms with Gasteiger partial charge in [0.2, 0.25) is 0 Å². The predicted molar refractivity (Wildman–Crippen MR) is 127 cm³/mol. The molecule has 4 nitrogen and oxygen atoms in total. The number of benzene rings is 1. The molecular formula is C26H40N4. The zero-order valence-electron chi connectivity index (χ0n) is 19.3. The van der Waals surface area contributed by atoms with Gasteiger partial charge in [-0.1, -0.05) is 18.9 Å². The molecule has 1 aliphatic carbocycles. The van der Waals surface area contributed by atoms with Gasteiger partial charge in [0.25, 0.3) is 0 Å². The van der Waals surface area contributed by atoms with Crippen LogP contribution in [0.2, 0.25) is 0 Å². The first-order valence-electron chi connectivity index (χ1n) is 12.1. The molecule has 0 atom stereocenters. The van der Waals surface area contributed by atoms with E-state index in [0.29, 0.717) is 12.6 Å². The van der Waals surface area contributed by atoms with Gasteiger partial charge < -0.3 is 15.6 Å². The van der Waals surface area contributed by atoms with Crippen LogP contribution in [0.15, 0.2) is 18.2 Å². The van der Waals surface area contributed by atoms with Gasteiger partial charge >= 0.3 is 0 Å². The lowest BCUT2D eigenvalue weighted by molar-refractivity contribution is 0.331. The van der Waals surface area contributed by atoms with Crippen molar-refractivity contribution < 1.29 is 0 Å². The third kappa shape index (κ3) is 4.60. The molecule has 0 unspecified atom stereocenters. The van der Waals surface area contributed by atoms with Crippen LogP contribution >= 0.6 is 0 Å². The maximum absolute atomic E-state index is 6.35. The standard InChI is InChI=1S/C26H40N4/c1-4-30-20(3)13-19(2)26(30)16-22-14-21(18-29-11-7-8-12-29)15-25(24(22)17-27)28-23-9-5-6-10-23/h13-15,23,28H,4-12,16-18,27H2,1-3H3. The zero-order valence-corrected chi connectivity index (χ0v) is 19.3. The number of aromatic nitrogens is 1. The number of hydrogen-bond donors (Lipinski definition) is 2. The third-order valence-corrected chi connectivity index (χ3v) is 7.23.